The van der Waals surface area contributed by atoms with Gasteiger partial charge in [0.25, 0.3) is 5.56 Å². The zero-order valence-electron chi connectivity index (χ0n) is 16.2. The summed E-state index contributed by atoms with van der Waals surface area (Å²) in [5.41, 5.74) is 1.92. The molecule has 1 atom stereocenters. The molecule has 0 spiro atoms. The first-order valence-electron chi connectivity index (χ1n) is 9.12. The van der Waals surface area contributed by atoms with E-state index in [9.17, 15) is 9.59 Å². The lowest BCUT2D eigenvalue weighted by Gasteiger charge is -2.14. The normalized spacial score (nSPS) is 12.1. The molecule has 1 aromatic carbocycles. The van der Waals surface area contributed by atoms with Crippen LogP contribution >= 0.6 is 23.1 Å². The van der Waals surface area contributed by atoms with Crippen LogP contribution in [0, 0.1) is 6.92 Å². The maximum absolute atomic E-state index is 13.2. The Hall–Kier alpha value is -2.38. The summed E-state index contributed by atoms with van der Waals surface area (Å²) in [6.07, 6.45) is 1.68. The third kappa shape index (κ3) is 3.91. The Balaban J connectivity index is 2.14. The van der Waals surface area contributed by atoms with Crippen molar-refractivity contribution in [3.8, 4) is 10.4 Å². The second kappa shape index (κ2) is 8.75. The Labute approximate surface area is 172 Å². The summed E-state index contributed by atoms with van der Waals surface area (Å²) in [4.78, 5) is 31.9. The number of amides is 1. The maximum atomic E-state index is 13.2. The SMILES string of the molecule is C=CCn1c(SC(C)C(=O)NCC)nc2sc(-c3ccccc3)c(C)c2c1=O. The van der Waals surface area contributed by atoms with Crippen molar-refractivity contribution in [2.75, 3.05) is 6.54 Å². The molecule has 0 saturated heterocycles. The number of nitrogens with zero attached hydrogens (tertiary/aromatic N) is 2. The van der Waals surface area contributed by atoms with Gasteiger partial charge < -0.3 is 5.32 Å². The minimum absolute atomic E-state index is 0.0701. The summed E-state index contributed by atoms with van der Waals surface area (Å²) < 4.78 is 1.60. The highest BCUT2D eigenvalue weighted by atomic mass is 32.2. The molecule has 1 N–H and O–H groups in total. The van der Waals surface area contributed by atoms with Crippen LogP contribution in [0.2, 0.25) is 0 Å². The van der Waals surface area contributed by atoms with Gasteiger partial charge in [-0.25, -0.2) is 4.98 Å². The number of carbonyl (C=O) groups is 1. The van der Waals surface area contributed by atoms with E-state index in [0.717, 1.165) is 16.0 Å². The molecule has 3 aromatic rings. The van der Waals surface area contributed by atoms with E-state index in [1.807, 2.05) is 51.1 Å². The van der Waals surface area contributed by atoms with Crippen LogP contribution in [0.25, 0.3) is 20.7 Å². The molecule has 0 saturated carbocycles. The van der Waals surface area contributed by atoms with E-state index in [2.05, 4.69) is 11.9 Å². The highest BCUT2D eigenvalue weighted by Crippen LogP contribution is 2.36. The van der Waals surface area contributed by atoms with Gasteiger partial charge in [-0.05, 0) is 31.9 Å². The number of carbonyl (C=O) groups excluding carboxylic acids is 1. The fraction of sp³-hybridized carbons (Fsp3) is 0.286. The number of hydrogen-bond acceptors (Lipinski definition) is 5. The maximum Gasteiger partial charge on any atom is 0.263 e. The van der Waals surface area contributed by atoms with Crippen molar-refractivity contribution in [2.24, 2.45) is 0 Å². The lowest BCUT2D eigenvalue weighted by atomic mass is 10.1. The van der Waals surface area contributed by atoms with Crippen molar-refractivity contribution in [3.05, 3.63) is 58.9 Å². The summed E-state index contributed by atoms with van der Waals surface area (Å²) in [5.74, 6) is -0.0701. The first-order chi connectivity index (χ1) is 13.5. The van der Waals surface area contributed by atoms with Crippen LogP contribution in [0.15, 0.2) is 52.9 Å². The fourth-order valence-electron chi connectivity index (χ4n) is 2.97. The number of thiophene rings is 1. The number of aryl methyl sites for hydroxylation is 1. The number of fused-ring (bicyclic) bond motifs is 1. The van der Waals surface area contributed by atoms with Crippen LogP contribution in [-0.4, -0.2) is 27.3 Å². The molecule has 2 heterocycles. The first kappa shape index (κ1) is 20.4. The van der Waals surface area contributed by atoms with Crippen molar-refractivity contribution in [1.29, 1.82) is 0 Å². The Morgan fingerprint density at radius 3 is 2.75 bits per heavy atom. The number of nitrogens with one attached hydrogen (secondary N) is 1. The monoisotopic (exact) mass is 413 g/mol. The van der Waals surface area contributed by atoms with Gasteiger partial charge in [-0.1, -0.05) is 48.2 Å². The minimum atomic E-state index is -0.352. The minimum Gasteiger partial charge on any atom is -0.355 e. The van der Waals surface area contributed by atoms with Crippen molar-refractivity contribution in [2.45, 2.75) is 37.7 Å². The highest BCUT2D eigenvalue weighted by molar-refractivity contribution is 8.00. The lowest BCUT2D eigenvalue weighted by molar-refractivity contribution is -0.120. The Morgan fingerprint density at radius 1 is 1.39 bits per heavy atom. The number of aromatic nitrogens is 2. The van der Waals surface area contributed by atoms with Gasteiger partial charge in [-0.3, -0.25) is 14.2 Å². The highest BCUT2D eigenvalue weighted by Gasteiger charge is 2.22. The van der Waals surface area contributed by atoms with Gasteiger partial charge in [0.05, 0.1) is 10.6 Å². The van der Waals surface area contributed by atoms with Crippen molar-refractivity contribution in [1.82, 2.24) is 14.9 Å². The van der Waals surface area contributed by atoms with Gasteiger partial charge in [0.15, 0.2) is 5.16 Å². The van der Waals surface area contributed by atoms with Crippen LogP contribution in [0.4, 0.5) is 0 Å². The molecule has 7 heteroatoms. The number of rotatable bonds is 7. The van der Waals surface area contributed by atoms with Crippen molar-refractivity contribution in [3.63, 3.8) is 0 Å². The van der Waals surface area contributed by atoms with Gasteiger partial charge in [0.1, 0.15) is 4.83 Å². The Morgan fingerprint density at radius 2 is 2.11 bits per heavy atom. The molecule has 0 fully saturated rings. The summed E-state index contributed by atoms with van der Waals surface area (Å²) >= 11 is 2.81. The summed E-state index contributed by atoms with van der Waals surface area (Å²) in [6, 6.07) is 10.0. The quantitative estimate of drug-likeness (QED) is 0.358. The van der Waals surface area contributed by atoms with Gasteiger partial charge in [0, 0.05) is 18.0 Å². The Kier molecular flexibility index (Phi) is 6.36. The zero-order valence-corrected chi connectivity index (χ0v) is 17.8. The number of thioether (sulfide) groups is 1. The number of allylic oxidation sites excluding steroid dienone is 1. The molecule has 3 rings (SSSR count). The summed E-state index contributed by atoms with van der Waals surface area (Å²) in [6.45, 7) is 10.3. The average molecular weight is 414 g/mol. The molecule has 0 radical (unpaired) electrons. The van der Waals surface area contributed by atoms with E-state index in [4.69, 9.17) is 4.98 Å². The molecule has 28 heavy (non-hydrogen) atoms. The lowest BCUT2D eigenvalue weighted by Crippen LogP contribution is -2.31. The molecule has 5 nitrogen and oxygen atoms in total. The molecule has 0 bridgehead atoms. The van der Waals surface area contributed by atoms with Crippen LogP contribution in [0.1, 0.15) is 19.4 Å². The molecular formula is C21H23N3O2S2. The molecule has 0 aliphatic carbocycles. The second-order valence-electron chi connectivity index (χ2n) is 6.36. The number of benzene rings is 1. The molecule has 0 aliphatic heterocycles. The Bertz CT molecular complexity index is 1070. The molecule has 146 valence electrons. The molecular weight excluding hydrogens is 390 g/mol. The molecule has 2 aromatic heterocycles. The molecule has 1 unspecified atom stereocenters. The smallest absolute Gasteiger partial charge is 0.263 e. The van der Waals surface area contributed by atoms with E-state index in [1.165, 1.54) is 23.1 Å². The molecule has 0 aliphatic rings. The zero-order chi connectivity index (χ0) is 20.3. The van der Waals surface area contributed by atoms with E-state index in [0.29, 0.717) is 28.5 Å². The van der Waals surface area contributed by atoms with Crippen molar-refractivity contribution >= 4 is 39.2 Å². The van der Waals surface area contributed by atoms with E-state index in [1.54, 1.807) is 10.6 Å². The topological polar surface area (TPSA) is 64.0 Å². The van der Waals surface area contributed by atoms with Gasteiger partial charge in [-0.15, -0.1) is 17.9 Å². The van der Waals surface area contributed by atoms with E-state index in [-0.39, 0.29) is 16.7 Å². The van der Waals surface area contributed by atoms with Gasteiger partial charge >= 0.3 is 0 Å². The fourth-order valence-corrected chi connectivity index (χ4v) is 5.14. The predicted molar refractivity (Wildman–Crippen MR) is 118 cm³/mol. The third-order valence-corrected chi connectivity index (χ3v) is 6.69. The van der Waals surface area contributed by atoms with Crippen LogP contribution in [-0.2, 0) is 11.3 Å². The van der Waals surface area contributed by atoms with Gasteiger partial charge in [-0.2, -0.15) is 0 Å². The van der Waals surface area contributed by atoms with Crippen LogP contribution in [0.5, 0.6) is 0 Å². The first-order valence-corrected chi connectivity index (χ1v) is 10.8. The summed E-state index contributed by atoms with van der Waals surface area (Å²) in [7, 11) is 0. The van der Waals surface area contributed by atoms with Crippen LogP contribution < -0.4 is 10.9 Å². The van der Waals surface area contributed by atoms with Gasteiger partial charge in [0.2, 0.25) is 5.91 Å². The van der Waals surface area contributed by atoms with Crippen LogP contribution in [0.3, 0.4) is 0 Å². The number of hydrogen-bond donors (Lipinski definition) is 1. The average Bonchev–Trinajstić information content (AvgIpc) is 3.02. The molecule has 1 amide bonds. The van der Waals surface area contributed by atoms with E-state index >= 15 is 0 Å². The predicted octanol–water partition coefficient (Wildman–Crippen LogP) is 4.24. The summed E-state index contributed by atoms with van der Waals surface area (Å²) in [5, 5.41) is 3.64. The standard InChI is InChI=1S/C21H23N3O2S2/c1-5-12-24-20(26)16-13(3)17(15-10-8-7-9-11-15)28-19(16)23-21(24)27-14(4)18(25)22-6-2/h5,7-11,14H,1,6,12H2,2-4H3,(H,22,25). The largest absolute Gasteiger partial charge is 0.355 e. The second-order valence-corrected chi connectivity index (χ2v) is 8.66. The third-order valence-electron chi connectivity index (χ3n) is 4.37. The van der Waals surface area contributed by atoms with Crippen molar-refractivity contribution < 1.29 is 4.79 Å². The van der Waals surface area contributed by atoms with E-state index < -0.39 is 0 Å².